The second-order valence-electron chi connectivity index (χ2n) is 5.40. The summed E-state index contributed by atoms with van der Waals surface area (Å²) in [5.41, 5.74) is 0.715. The van der Waals surface area contributed by atoms with Gasteiger partial charge in [-0.3, -0.25) is 4.79 Å². The van der Waals surface area contributed by atoms with Crippen LogP contribution in [0.25, 0.3) is 10.8 Å². The van der Waals surface area contributed by atoms with Gasteiger partial charge in [0.05, 0.1) is 0 Å². The molecule has 2 N–H and O–H groups in total. The summed E-state index contributed by atoms with van der Waals surface area (Å²) in [4.78, 5) is 12.4. The van der Waals surface area contributed by atoms with Crippen molar-refractivity contribution in [1.29, 1.82) is 0 Å². The fraction of sp³-hybridized carbons (Fsp3) is 0.389. The number of fused-ring (bicyclic) bond motifs is 1. The highest BCUT2D eigenvalue weighted by molar-refractivity contribution is 6.06. The molecule has 0 radical (unpaired) electrons. The van der Waals surface area contributed by atoms with E-state index in [1.54, 1.807) is 0 Å². The van der Waals surface area contributed by atoms with Crippen LogP contribution in [-0.2, 0) is 0 Å². The van der Waals surface area contributed by atoms with Gasteiger partial charge in [-0.2, -0.15) is 0 Å². The van der Waals surface area contributed by atoms with Gasteiger partial charge in [0.25, 0.3) is 5.91 Å². The zero-order valence-corrected chi connectivity index (χ0v) is 12.5. The molecular formula is C18H23NO2. The van der Waals surface area contributed by atoms with Crippen molar-refractivity contribution in [2.75, 3.05) is 13.2 Å². The number of benzene rings is 2. The van der Waals surface area contributed by atoms with Crippen molar-refractivity contribution in [2.45, 2.75) is 26.2 Å². The summed E-state index contributed by atoms with van der Waals surface area (Å²) in [6.45, 7) is 2.92. The molecule has 0 heterocycles. The van der Waals surface area contributed by atoms with Crippen molar-refractivity contribution in [3.05, 3.63) is 48.0 Å². The number of rotatable bonds is 7. The van der Waals surface area contributed by atoms with Crippen molar-refractivity contribution in [1.82, 2.24) is 5.32 Å². The lowest BCUT2D eigenvalue weighted by Gasteiger charge is -2.16. The first-order valence-corrected chi connectivity index (χ1v) is 7.63. The Morgan fingerprint density at radius 3 is 2.67 bits per heavy atom. The molecule has 21 heavy (non-hydrogen) atoms. The number of aliphatic hydroxyl groups excluding tert-OH is 1. The molecule has 0 bridgehead atoms. The van der Waals surface area contributed by atoms with Crippen molar-refractivity contribution >= 4 is 16.7 Å². The number of aliphatic hydroxyl groups is 1. The molecular weight excluding hydrogens is 262 g/mol. The van der Waals surface area contributed by atoms with Gasteiger partial charge in [0.15, 0.2) is 0 Å². The van der Waals surface area contributed by atoms with Crippen molar-refractivity contribution in [3.8, 4) is 0 Å². The quantitative estimate of drug-likeness (QED) is 0.819. The molecule has 0 aliphatic rings. The molecule has 0 aliphatic heterocycles. The number of carbonyl (C=O) groups excluding carboxylic acids is 1. The summed E-state index contributed by atoms with van der Waals surface area (Å²) in [5.74, 6) is 0.310. The minimum absolute atomic E-state index is 0.0363. The summed E-state index contributed by atoms with van der Waals surface area (Å²) >= 11 is 0. The highest BCUT2D eigenvalue weighted by atomic mass is 16.3. The standard InChI is InChI=1S/C18H23NO2/c1-2-6-14(11-12-20)13-19-18(21)17-10-5-8-15-7-3-4-9-16(15)17/h3-5,7-10,14,20H,2,6,11-13H2,1H3,(H,19,21). The Kier molecular flexibility index (Phi) is 5.76. The maximum Gasteiger partial charge on any atom is 0.251 e. The zero-order chi connectivity index (χ0) is 15.1. The van der Waals surface area contributed by atoms with Crippen LogP contribution in [0.4, 0.5) is 0 Å². The molecule has 0 aromatic heterocycles. The maximum absolute atomic E-state index is 12.4. The second-order valence-corrected chi connectivity index (χ2v) is 5.40. The largest absolute Gasteiger partial charge is 0.396 e. The number of amides is 1. The van der Waals surface area contributed by atoms with Crippen LogP contribution in [0.5, 0.6) is 0 Å². The number of hydrogen-bond acceptors (Lipinski definition) is 2. The van der Waals surface area contributed by atoms with Crippen LogP contribution in [-0.4, -0.2) is 24.2 Å². The van der Waals surface area contributed by atoms with E-state index in [1.165, 1.54) is 0 Å². The fourth-order valence-corrected chi connectivity index (χ4v) is 2.69. The maximum atomic E-state index is 12.4. The van der Waals surface area contributed by atoms with Gasteiger partial charge in [-0.25, -0.2) is 0 Å². The summed E-state index contributed by atoms with van der Waals surface area (Å²) in [6, 6.07) is 13.7. The molecule has 0 spiro atoms. The van der Waals surface area contributed by atoms with Crippen molar-refractivity contribution in [3.63, 3.8) is 0 Å². The van der Waals surface area contributed by atoms with Gasteiger partial charge in [-0.05, 0) is 35.6 Å². The monoisotopic (exact) mass is 285 g/mol. The van der Waals surface area contributed by atoms with E-state index < -0.39 is 0 Å². The molecule has 0 fully saturated rings. The first-order valence-electron chi connectivity index (χ1n) is 7.63. The van der Waals surface area contributed by atoms with Crippen molar-refractivity contribution < 1.29 is 9.90 Å². The van der Waals surface area contributed by atoms with Crippen LogP contribution >= 0.6 is 0 Å². The normalized spacial score (nSPS) is 12.3. The summed E-state index contributed by atoms with van der Waals surface area (Å²) in [6.07, 6.45) is 2.83. The predicted octanol–water partition coefficient (Wildman–Crippen LogP) is 3.37. The van der Waals surface area contributed by atoms with E-state index in [0.29, 0.717) is 18.0 Å². The number of nitrogens with one attached hydrogen (secondary N) is 1. The van der Waals surface area contributed by atoms with Gasteiger partial charge in [0.1, 0.15) is 0 Å². The van der Waals surface area contributed by atoms with Gasteiger partial charge in [0.2, 0.25) is 0 Å². The minimum Gasteiger partial charge on any atom is -0.396 e. The Balaban J connectivity index is 2.08. The molecule has 3 heteroatoms. The van der Waals surface area contributed by atoms with Crippen molar-refractivity contribution in [2.24, 2.45) is 5.92 Å². The second kappa shape index (κ2) is 7.79. The fourth-order valence-electron chi connectivity index (χ4n) is 2.69. The number of hydrogen-bond donors (Lipinski definition) is 2. The molecule has 2 aromatic rings. The third kappa shape index (κ3) is 4.05. The van der Waals surface area contributed by atoms with Gasteiger partial charge < -0.3 is 10.4 Å². The lowest BCUT2D eigenvalue weighted by molar-refractivity contribution is 0.0944. The molecule has 3 nitrogen and oxygen atoms in total. The molecule has 0 saturated carbocycles. The Hall–Kier alpha value is -1.87. The molecule has 2 aromatic carbocycles. The first-order chi connectivity index (χ1) is 10.3. The van der Waals surface area contributed by atoms with E-state index in [1.807, 2.05) is 42.5 Å². The van der Waals surface area contributed by atoms with Crippen LogP contribution in [0, 0.1) is 5.92 Å². The summed E-state index contributed by atoms with van der Waals surface area (Å²) < 4.78 is 0. The highest BCUT2D eigenvalue weighted by Gasteiger charge is 2.12. The van der Waals surface area contributed by atoms with Crippen LogP contribution < -0.4 is 5.32 Å². The van der Waals surface area contributed by atoms with Crippen LogP contribution in [0.2, 0.25) is 0 Å². The molecule has 0 saturated heterocycles. The topological polar surface area (TPSA) is 49.3 Å². The van der Waals surface area contributed by atoms with E-state index in [0.717, 1.165) is 30.0 Å². The molecule has 1 unspecified atom stereocenters. The lowest BCUT2D eigenvalue weighted by atomic mass is 9.99. The van der Waals surface area contributed by atoms with Gasteiger partial charge >= 0.3 is 0 Å². The first kappa shape index (κ1) is 15.5. The van der Waals surface area contributed by atoms with Crippen LogP contribution in [0.1, 0.15) is 36.5 Å². The third-order valence-electron chi connectivity index (χ3n) is 3.82. The average molecular weight is 285 g/mol. The number of carbonyl (C=O) groups is 1. The SMILES string of the molecule is CCCC(CCO)CNC(=O)c1cccc2ccccc12. The summed E-state index contributed by atoms with van der Waals surface area (Å²) in [5, 5.41) is 14.1. The Morgan fingerprint density at radius 2 is 1.90 bits per heavy atom. The van der Waals surface area contributed by atoms with E-state index in [-0.39, 0.29) is 12.5 Å². The van der Waals surface area contributed by atoms with Crippen LogP contribution in [0.3, 0.4) is 0 Å². The van der Waals surface area contributed by atoms with Gasteiger partial charge in [-0.15, -0.1) is 0 Å². The van der Waals surface area contributed by atoms with E-state index >= 15 is 0 Å². The average Bonchev–Trinajstić information content (AvgIpc) is 2.52. The van der Waals surface area contributed by atoms with E-state index in [2.05, 4.69) is 12.2 Å². The van der Waals surface area contributed by atoms with Gasteiger partial charge in [-0.1, -0.05) is 49.7 Å². The van der Waals surface area contributed by atoms with E-state index in [9.17, 15) is 4.79 Å². The van der Waals surface area contributed by atoms with Gasteiger partial charge in [0, 0.05) is 18.7 Å². The third-order valence-corrected chi connectivity index (χ3v) is 3.82. The molecule has 1 amide bonds. The Labute approximate surface area is 126 Å². The summed E-state index contributed by atoms with van der Waals surface area (Å²) in [7, 11) is 0. The molecule has 1 atom stereocenters. The lowest BCUT2D eigenvalue weighted by Crippen LogP contribution is -2.29. The molecule has 0 aliphatic carbocycles. The Morgan fingerprint density at radius 1 is 1.14 bits per heavy atom. The zero-order valence-electron chi connectivity index (χ0n) is 12.5. The molecule has 2 rings (SSSR count). The predicted molar refractivity (Wildman–Crippen MR) is 86.4 cm³/mol. The Bertz CT molecular complexity index is 583. The smallest absolute Gasteiger partial charge is 0.251 e. The highest BCUT2D eigenvalue weighted by Crippen LogP contribution is 2.18. The van der Waals surface area contributed by atoms with E-state index in [4.69, 9.17) is 5.11 Å². The minimum atomic E-state index is -0.0363. The molecule has 112 valence electrons. The van der Waals surface area contributed by atoms with Crippen LogP contribution in [0.15, 0.2) is 42.5 Å².